The lowest BCUT2D eigenvalue weighted by Gasteiger charge is -2.15. The van der Waals surface area contributed by atoms with Gasteiger partial charge in [-0.15, -0.1) is 0 Å². The third kappa shape index (κ3) is 4.02. The molecule has 0 atom stereocenters. The highest BCUT2D eigenvalue weighted by atomic mass is 16.5. The molecule has 0 aliphatic rings. The Balaban J connectivity index is 2.06. The third-order valence-corrected chi connectivity index (χ3v) is 3.15. The summed E-state index contributed by atoms with van der Waals surface area (Å²) in [5.74, 6) is 0.960. The quantitative estimate of drug-likeness (QED) is 0.824. The van der Waals surface area contributed by atoms with Crippen LogP contribution in [0.5, 0.6) is 5.75 Å². The molecule has 0 unspecified atom stereocenters. The maximum absolute atomic E-state index is 5.84. The van der Waals surface area contributed by atoms with Crippen molar-refractivity contribution in [2.24, 2.45) is 0 Å². The van der Waals surface area contributed by atoms with Crippen molar-refractivity contribution in [2.45, 2.75) is 39.8 Å². The van der Waals surface area contributed by atoms with E-state index in [0.29, 0.717) is 0 Å². The molecule has 0 amide bonds. The average molecular weight is 269 g/mol. The first-order chi connectivity index (χ1) is 9.69. The van der Waals surface area contributed by atoms with Crippen LogP contribution in [0.2, 0.25) is 0 Å². The minimum atomic E-state index is 0.194. The lowest BCUT2D eigenvalue weighted by Crippen LogP contribution is -2.09. The van der Waals surface area contributed by atoms with Gasteiger partial charge in [0.15, 0.2) is 0 Å². The first-order valence-electron chi connectivity index (χ1n) is 7.26. The van der Waals surface area contributed by atoms with Gasteiger partial charge in [0.25, 0.3) is 0 Å². The third-order valence-electron chi connectivity index (χ3n) is 3.15. The molecular formula is C18H23NO. The molecule has 0 radical (unpaired) electrons. The smallest absolute Gasteiger partial charge is 0.124 e. The molecule has 2 aromatic rings. The monoisotopic (exact) mass is 269 g/mol. The highest BCUT2D eigenvalue weighted by molar-refractivity contribution is 5.47. The molecular weight excluding hydrogens is 246 g/mol. The Morgan fingerprint density at radius 1 is 1.05 bits per heavy atom. The second-order valence-electron chi connectivity index (χ2n) is 5.18. The molecule has 106 valence electrons. The van der Waals surface area contributed by atoms with Crippen LogP contribution in [-0.4, -0.2) is 6.10 Å². The van der Waals surface area contributed by atoms with Gasteiger partial charge in [-0.2, -0.15) is 0 Å². The van der Waals surface area contributed by atoms with E-state index < -0.39 is 0 Å². The van der Waals surface area contributed by atoms with Crippen molar-refractivity contribution in [1.82, 2.24) is 0 Å². The Labute approximate surface area is 121 Å². The van der Waals surface area contributed by atoms with Gasteiger partial charge in [0.1, 0.15) is 5.75 Å². The van der Waals surface area contributed by atoms with Crippen LogP contribution in [0.3, 0.4) is 0 Å². The zero-order valence-electron chi connectivity index (χ0n) is 12.5. The fraction of sp³-hybridized carbons (Fsp3) is 0.333. The van der Waals surface area contributed by atoms with Crippen LogP contribution in [0, 0.1) is 0 Å². The summed E-state index contributed by atoms with van der Waals surface area (Å²) >= 11 is 0. The lowest BCUT2D eigenvalue weighted by molar-refractivity contribution is 0.240. The van der Waals surface area contributed by atoms with E-state index >= 15 is 0 Å². The van der Waals surface area contributed by atoms with E-state index in [4.69, 9.17) is 4.74 Å². The summed E-state index contributed by atoms with van der Waals surface area (Å²) in [7, 11) is 0. The molecule has 0 bridgehead atoms. The maximum atomic E-state index is 5.84. The zero-order chi connectivity index (χ0) is 14.4. The number of hydrogen-bond acceptors (Lipinski definition) is 2. The number of anilines is 1. The van der Waals surface area contributed by atoms with Gasteiger partial charge in [-0.1, -0.05) is 37.3 Å². The summed E-state index contributed by atoms with van der Waals surface area (Å²) < 4.78 is 5.84. The molecule has 0 aromatic heterocycles. The lowest BCUT2D eigenvalue weighted by atomic mass is 10.1. The summed E-state index contributed by atoms with van der Waals surface area (Å²) in [5, 5.41) is 3.47. The standard InChI is InChI=1S/C18H23NO/c1-4-15-8-7-10-17(12-15)19-13-16-9-5-6-11-18(16)20-14(2)3/h5-12,14,19H,4,13H2,1-3H3. The molecule has 0 aliphatic heterocycles. The normalized spacial score (nSPS) is 10.6. The molecule has 0 spiro atoms. The van der Waals surface area contributed by atoms with Crippen molar-refractivity contribution in [3.8, 4) is 5.75 Å². The van der Waals surface area contributed by atoms with Crippen LogP contribution >= 0.6 is 0 Å². The van der Waals surface area contributed by atoms with Gasteiger partial charge in [-0.25, -0.2) is 0 Å². The largest absolute Gasteiger partial charge is 0.491 e. The van der Waals surface area contributed by atoms with Gasteiger partial charge >= 0.3 is 0 Å². The number of rotatable bonds is 6. The SMILES string of the molecule is CCc1cccc(NCc2ccccc2OC(C)C)c1. The molecule has 2 aromatic carbocycles. The van der Waals surface area contributed by atoms with Crippen LogP contribution in [0.15, 0.2) is 48.5 Å². The van der Waals surface area contributed by atoms with Crippen molar-refractivity contribution in [3.05, 3.63) is 59.7 Å². The van der Waals surface area contributed by atoms with Crippen LogP contribution in [0.25, 0.3) is 0 Å². The Hall–Kier alpha value is -1.96. The number of para-hydroxylation sites is 1. The zero-order valence-corrected chi connectivity index (χ0v) is 12.5. The summed E-state index contributed by atoms with van der Waals surface area (Å²) in [4.78, 5) is 0. The van der Waals surface area contributed by atoms with Crippen molar-refractivity contribution >= 4 is 5.69 Å². The topological polar surface area (TPSA) is 21.3 Å². The molecule has 2 nitrogen and oxygen atoms in total. The van der Waals surface area contributed by atoms with E-state index in [1.807, 2.05) is 18.2 Å². The van der Waals surface area contributed by atoms with Crippen LogP contribution < -0.4 is 10.1 Å². The van der Waals surface area contributed by atoms with Crippen molar-refractivity contribution in [2.75, 3.05) is 5.32 Å². The first kappa shape index (κ1) is 14.4. The number of ether oxygens (including phenoxy) is 1. The number of nitrogens with one attached hydrogen (secondary N) is 1. The van der Waals surface area contributed by atoms with Crippen molar-refractivity contribution in [1.29, 1.82) is 0 Å². The van der Waals surface area contributed by atoms with Gasteiger partial charge in [-0.3, -0.25) is 0 Å². The van der Waals surface area contributed by atoms with Gasteiger partial charge in [-0.05, 0) is 44.0 Å². The summed E-state index contributed by atoms with van der Waals surface area (Å²) in [6.45, 7) is 7.05. The minimum absolute atomic E-state index is 0.194. The average Bonchev–Trinajstić information content (AvgIpc) is 2.46. The summed E-state index contributed by atoms with van der Waals surface area (Å²) in [6.07, 6.45) is 1.25. The molecule has 2 heteroatoms. The fourth-order valence-corrected chi connectivity index (χ4v) is 2.12. The van der Waals surface area contributed by atoms with E-state index in [0.717, 1.165) is 24.4 Å². The number of aryl methyl sites for hydroxylation is 1. The molecule has 0 saturated carbocycles. The molecule has 0 aliphatic carbocycles. The fourth-order valence-electron chi connectivity index (χ4n) is 2.12. The minimum Gasteiger partial charge on any atom is -0.491 e. The Morgan fingerprint density at radius 3 is 2.60 bits per heavy atom. The second-order valence-corrected chi connectivity index (χ2v) is 5.18. The maximum Gasteiger partial charge on any atom is 0.124 e. The summed E-state index contributed by atoms with van der Waals surface area (Å²) in [6, 6.07) is 16.7. The van der Waals surface area contributed by atoms with Gasteiger partial charge in [0.05, 0.1) is 6.10 Å². The molecule has 2 rings (SSSR count). The Morgan fingerprint density at radius 2 is 1.85 bits per heavy atom. The van der Waals surface area contributed by atoms with Gasteiger partial charge in [0, 0.05) is 17.8 Å². The predicted octanol–water partition coefficient (Wildman–Crippen LogP) is 4.65. The van der Waals surface area contributed by atoms with Crippen LogP contribution in [0.1, 0.15) is 31.9 Å². The van der Waals surface area contributed by atoms with E-state index in [2.05, 4.69) is 56.4 Å². The first-order valence-corrected chi connectivity index (χ1v) is 7.26. The molecule has 1 N–H and O–H groups in total. The Bertz CT molecular complexity index is 549. The molecule has 0 heterocycles. The van der Waals surface area contributed by atoms with Crippen molar-refractivity contribution in [3.63, 3.8) is 0 Å². The number of benzene rings is 2. The van der Waals surface area contributed by atoms with E-state index in [9.17, 15) is 0 Å². The van der Waals surface area contributed by atoms with Crippen molar-refractivity contribution < 1.29 is 4.74 Å². The summed E-state index contributed by atoms with van der Waals surface area (Å²) in [5.41, 5.74) is 3.69. The molecule has 20 heavy (non-hydrogen) atoms. The van der Waals surface area contributed by atoms with E-state index in [1.54, 1.807) is 0 Å². The Kier molecular flexibility index (Phi) is 5.05. The van der Waals surface area contributed by atoms with Crippen LogP contribution in [-0.2, 0) is 13.0 Å². The second kappa shape index (κ2) is 6.99. The predicted molar refractivity (Wildman–Crippen MR) is 85.4 cm³/mol. The highest BCUT2D eigenvalue weighted by Gasteiger charge is 2.04. The van der Waals surface area contributed by atoms with Crippen LogP contribution in [0.4, 0.5) is 5.69 Å². The van der Waals surface area contributed by atoms with Gasteiger partial charge in [0.2, 0.25) is 0 Å². The van der Waals surface area contributed by atoms with E-state index in [-0.39, 0.29) is 6.10 Å². The number of hydrogen-bond donors (Lipinski definition) is 1. The van der Waals surface area contributed by atoms with E-state index in [1.165, 1.54) is 11.1 Å². The molecule has 0 fully saturated rings. The highest BCUT2D eigenvalue weighted by Crippen LogP contribution is 2.21. The molecule has 0 saturated heterocycles. The van der Waals surface area contributed by atoms with Gasteiger partial charge < -0.3 is 10.1 Å².